The summed E-state index contributed by atoms with van der Waals surface area (Å²) in [5, 5.41) is 0. The van der Waals surface area contributed by atoms with Gasteiger partial charge in [-0.25, -0.2) is 0 Å². The number of hydrogen-bond donors (Lipinski definition) is 0. The molecular formula is C13H15NO. The van der Waals surface area contributed by atoms with E-state index in [1.807, 2.05) is 25.1 Å². The molecular weight excluding hydrogens is 186 g/mol. The van der Waals surface area contributed by atoms with E-state index < -0.39 is 0 Å². The predicted molar refractivity (Wildman–Crippen MR) is 61.3 cm³/mol. The van der Waals surface area contributed by atoms with Gasteiger partial charge in [0.15, 0.2) is 5.78 Å². The lowest BCUT2D eigenvalue weighted by atomic mass is 10.0. The zero-order valence-electron chi connectivity index (χ0n) is 8.94. The van der Waals surface area contributed by atoms with E-state index in [0.29, 0.717) is 6.42 Å². The number of carbonyl (C=O) groups is 1. The Balaban J connectivity index is 1.92. The Morgan fingerprint density at radius 2 is 2.07 bits per heavy atom. The molecule has 15 heavy (non-hydrogen) atoms. The molecule has 0 aliphatic carbocycles. The lowest BCUT2D eigenvalue weighted by molar-refractivity contribution is -0.118. The summed E-state index contributed by atoms with van der Waals surface area (Å²) >= 11 is 0. The number of aliphatic imine (C=N–C) groups is 1. The van der Waals surface area contributed by atoms with E-state index in [4.69, 9.17) is 0 Å². The minimum Gasteiger partial charge on any atom is -0.297 e. The maximum Gasteiger partial charge on any atom is 0.162 e. The average molecular weight is 201 g/mol. The van der Waals surface area contributed by atoms with Crippen molar-refractivity contribution in [1.29, 1.82) is 0 Å². The van der Waals surface area contributed by atoms with Gasteiger partial charge in [-0.05, 0) is 25.3 Å². The van der Waals surface area contributed by atoms with E-state index in [9.17, 15) is 4.79 Å². The Morgan fingerprint density at radius 1 is 1.33 bits per heavy atom. The van der Waals surface area contributed by atoms with Crippen molar-refractivity contribution in [3.05, 3.63) is 35.9 Å². The molecule has 1 unspecified atom stereocenters. The van der Waals surface area contributed by atoms with Crippen LogP contribution in [-0.4, -0.2) is 17.5 Å². The summed E-state index contributed by atoms with van der Waals surface area (Å²) in [7, 11) is 0. The molecule has 0 spiro atoms. The third-order valence-electron chi connectivity index (χ3n) is 2.73. The standard InChI is InChI=1S/C13H15NO/c1-10-9-13(15)12(14-10)8-7-11-5-3-2-4-6-11/h2-6,12H,7-9H2,1H3. The van der Waals surface area contributed by atoms with Gasteiger partial charge >= 0.3 is 0 Å². The zero-order chi connectivity index (χ0) is 10.7. The van der Waals surface area contributed by atoms with Crippen LogP contribution in [0, 0.1) is 0 Å². The lowest BCUT2D eigenvalue weighted by Gasteiger charge is -2.05. The molecule has 1 aromatic rings. The van der Waals surface area contributed by atoms with Crippen LogP contribution < -0.4 is 0 Å². The normalized spacial score (nSPS) is 20.5. The van der Waals surface area contributed by atoms with Gasteiger partial charge < -0.3 is 0 Å². The van der Waals surface area contributed by atoms with Crippen LogP contribution in [0.15, 0.2) is 35.3 Å². The molecule has 0 fully saturated rings. The smallest absolute Gasteiger partial charge is 0.162 e. The third kappa shape index (κ3) is 2.52. The first-order chi connectivity index (χ1) is 7.25. The number of nitrogens with zero attached hydrogens (tertiary/aromatic N) is 1. The van der Waals surface area contributed by atoms with E-state index in [0.717, 1.165) is 18.6 Å². The molecule has 0 saturated heterocycles. The van der Waals surface area contributed by atoms with Crippen LogP contribution >= 0.6 is 0 Å². The highest BCUT2D eigenvalue weighted by Gasteiger charge is 2.23. The highest BCUT2D eigenvalue weighted by molar-refractivity contribution is 6.08. The van der Waals surface area contributed by atoms with Crippen LogP contribution in [-0.2, 0) is 11.2 Å². The maximum atomic E-state index is 11.5. The number of benzene rings is 1. The van der Waals surface area contributed by atoms with Crippen LogP contribution in [0.4, 0.5) is 0 Å². The Bertz CT molecular complexity index is 381. The van der Waals surface area contributed by atoms with Crippen molar-refractivity contribution < 1.29 is 4.79 Å². The fourth-order valence-electron chi connectivity index (χ4n) is 1.93. The van der Waals surface area contributed by atoms with E-state index in [1.165, 1.54) is 5.56 Å². The van der Waals surface area contributed by atoms with Crippen LogP contribution in [0.2, 0.25) is 0 Å². The second kappa shape index (κ2) is 4.39. The molecule has 0 bridgehead atoms. The van der Waals surface area contributed by atoms with Crippen molar-refractivity contribution >= 4 is 11.5 Å². The van der Waals surface area contributed by atoms with Crippen molar-refractivity contribution in [2.45, 2.75) is 32.2 Å². The van der Waals surface area contributed by atoms with Crippen molar-refractivity contribution in [3.8, 4) is 0 Å². The molecule has 1 aliphatic rings. The van der Waals surface area contributed by atoms with E-state index in [-0.39, 0.29) is 11.8 Å². The second-order valence-corrected chi connectivity index (χ2v) is 4.05. The highest BCUT2D eigenvalue weighted by Crippen LogP contribution is 2.15. The molecule has 0 saturated carbocycles. The van der Waals surface area contributed by atoms with E-state index in [1.54, 1.807) is 0 Å². The molecule has 2 heteroatoms. The Labute approximate surface area is 90.0 Å². The van der Waals surface area contributed by atoms with Crippen LogP contribution in [0.5, 0.6) is 0 Å². The molecule has 0 N–H and O–H groups in total. The number of ketones is 1. The molecule has 78 valence electrons. The number of carbonyl (C=O) groups excluding carboxylic acids is 1. The monoisotopic (exact) mass is 201 g/mol. The Hall–Kier alpha value is -1.44. The van der Waals surface area contributed by atoms with Gasteiger partial charge in [-0.2, -0.15) is 0 Å². The Kier molecular flexibility index (Phi) is 2.95. The van der Waals surface area contributed by atoms with Gasteiger partial charge in [-0.3, -0.25) is 9.79 Å². The fourth-order valence-corrected chi connectivity index (χ4v) is 1.93. The quantitative estimate of drug-likeness (QED) is 0.738. The van der Waals surface area contributed by atoms with Gasteiger partial charge in [0.25, 0.3) is 0 Å². The van der Waals surface area contributed by atoms with Crippen molar-refractivity contribution in [2.24, 2.45) is 4.99 Å². The van der Waals surface area contributed by atoms with Crippen LogP contribution in [0.25, 0.3) is 0 Å². The summed E-state index contributed by atoms with van der Waals surface area (Å²) in [4.78, 5) is 15.8. The van der Waals surface area contributed by atoms with Gasteiger partial charge in [0.05, 0.1) is 0 Å². The van der Waals surface area contributed by atoms with Gasteiger partial charge in [0.2, 0.25) is 0 Å². The largest absolute Gasteiger partial charge is 0.297 e. The van der Waals surface area contributed by atoms with Crippen molar-refractivity contribution in [2.75, 3.05) is 0 Å². The summed E-state index contributed by atoms with van der Waals surface area (Å²) in [6.07, 6.45) is 2.34. The zero-order valence-corrected chi connectivity index (χ0v) is 8.94. The third-order valence-corrected chi connectivity index (χ3v) is 2.73. The molecule has 1 atom stereocenters. The van der Waals surface area contributed by atoms with Gasteiger partial charge in [-0.15, -0.1) is 0 Å². The van der Waals surface area contributed by atoms with Gasteiger partial charge in [0, 0.05) is 12.1 Å². The van der Waals surface area contributed by atoms with E-state index >= 15 is 0 Å². The Morgan fingerprint density at radius 3 is 2.67 bits per heavy atom. The highest BCUT2D eigenvalue weighted by atomic mass is 16.1. The van der Waals surface area contributed by atoms with Crippen molar-refractivity contribution in [1.82, 2.24) is 0 Å². The molecule has 0 aromatic heterocycles. The second-order valence-electron chi connectivity index (χ2n) is 4.05. The molecule has 1 aliphatic heterocycles. The van der Waals surface area contributed by atoms with Crippen LogP contribution in [0.1, 0.15) is 25.3 Å². The summed E-state index contributed by atoms with van der Waals surface area (Å²) in [6.45, 7) is 1.93. The first-order valence-electron chi connectivity index (χ1n) is 5.35. The lowest BCUT2D eigenvalue weighted by Crippen LogP contribution is -2.13. The number of rotatable bonds is 3. The van der Waals surface area contributed by atoms with Crippen LogP contribution in [0.3, 0.4) is 0 Å². The predicted octanol–water partition coefficient (Wildman–Crippen LogP) is 2.42. The summed E-state index contributed by atoms with van der Waals surface area (Å²) in [5.41, 5.74) is 2.27. The molecule has 0 amide bonds. The molecule has 2 rings (SSSR count). The number of hydrogen-bond acceptors (Lipinski definition) is 2. The first kappa shape index (κ1) is 10.1. The number of aryl methyl sites for hydroxylation is 1. The first-order valence-corrected chi connectivity index (χ1v) is 5.35. The number of Topliss-reactive ketones (excluding diaryl/α,β-unsaturated/α-hetero) is 1. The molecule has 1 aromatic carbocycles. The average Bonchev–Trinajstić information content (AvgIpc) is 2.56. The van der Waals surface area contributed by atoms with Crippen molar-refractivity contribution in [3.63, 3.8) is 0 Å². The minimum absolute atomic E-state index is 0.0785. The molecule has 2 nitrogen and oxygen atoms in total. The molecule has 0 radical (unpaired) electrons. The topological polar surface area (TPSA) is 29.4 Å². The summed E-state index contributed by atoms with van der Waals surface area (Å²) in [6, 6.07) is 10.2. The SMILES string of the molecule is CC1=NC(CCc2ccccc2)C(=O)C1. The fraction of sp³-hybridized carbons (Fsp3) is 0.385. The summed E-state index contributed by atoms with van der Waals surface area (Å²) < 4.78 is 0. The maximum absolute atomic E-state index is 11.5. The molecule has 1 heterocycles. The summed E-state index contributed by atoms with van der Waals surface area (Å²) in [5.74, 6) is 0.281. The minimum atomic E-state index is -0.0785. The van der Waals surface area contributed by atoms with Gasteiger partial charge in [-0.1, -0.05) is 30.3 Å². The van der Waals surface area contributed by atoms with E-state index in [2.05, 4.69) is 17.1 Å². The van der Waals surface area contributed by atoms with Gasteiger partial charge in [0.1, 0.15) is 6.04 Å².